The lowest BCUT2D eigenvalue weighted by atomic mass is 10.1. The van der Waals surface area contributed by atoms with Crippen LogP contribution >= 0.6 is 0 Å². The van der Waals surface area contributed by atoms with Gasteiger partial charge < -0.3 is 10.1 Å². The summed E-state index contributed by atoms with van der Waals surface area (Å²) in [6, 6.07) is 9.07. The third-order valence-corrected chi connectivity index (χ3v) is 4.74. The number of hydrogen-bond acceptors (Lipinski definition) is 6. The molecule has 0 saturated heterocycles. The van der Waals surface area contributed by atoms with Crippen molar-refractivity contribution in [1.82, 2.24) is 24.7 Å². The Bertz CT molecular complexity index is 1290. The monoisotopic (exact) mass is 454 g/mol. The highest BCUT2D eigenvalue weighted by atomic mass is 19.4. The maximum atomic E-state index is 12.8. The zero-order valence-corrected chi connectivity index (χ0v) is 17.5. The van der Waals surface area contributed by atoms with E-state index in [0.717, 1.165) is 17.8 Å². The number of anilines is 1. The second-order valence-electron chi connectivity index (χ2n) is 7.02. The van der Waals surface area contributed by atoms with Crippen molar-refractivity contribution < 1.29 is 22.7 Å². The number of pyridine rings is 1. The first kappa shape index (κ1) is 21.9. The molecule has 0 atom stereocenters. The number of halogens is 3. The Morgan fingerprint density at radius 1 is 1.03 bits per heavy atom. The zero-order valence-electron chi connectivity index (χ0n) is 17.5. The number of hydrogen-bond donors (Lipinski definition) is 1. The molecule has 33 heavy (non-hydrogen) atoms. The van der Waals surface area contributed by atoms with E-state index in [1.54, 1.807) is 50.5 Å². The summed E-state index contributed by atoms with van der Waals surface area (Å²) in [5.74, 6) is 0.253. The number of carbonyl (C=O) groups excluding carboxylic acids is 1. The number of amides is 1. The number of carbonyl (C=O) groups is 1. The SMILES string of the molecule is Cc1cc(Oc2ncccn2)ccc1NC(=O)c1cnn(-c2ccc(C(F)(F)F)cn2)c1C. The Balaban J connectivity index is 1.50. The number of aromatic nitrogens is 5. The Morgan fingerprint density at radius 2 is 1.79 bits per heavy atom. The normalized spacial score (nSPS) is 11.3. The van der Waals surface area contributed by atoms with Crippen LogP contribution in [0, 0.1) is 13.8 Å². The summed E-state index contributed by atoms with van der Waals surface area (Å²) in [6.45, 7) is 3.43. The fourth-order valence-electron chi connectivity index (χ4n) is 3.02. The average Bonchev–Trinajstić information content (AvgIpc) is 3.17. The third kappa shape index (κ3) is 4.81. The summed E-state index contributed by atoms with van der Waals surface area (Å²) in [7, 11) is 0. The van der Waals surface area contributed by atoms with Crippen molar-refractivity contribution in [2.45, 2.75) is 20.0 Å². The van der Waals surface area contributed by atoms with Gasteiger partial charge in [-0.15, -0.1) is 0 Å². The molecule has 4 rings (SSSR count). The molecule has 0 bridgehead atoms. The Labute approximate surface area is 186 Å². The van der Waals surface area contributed by atoms with Crippen LogP contribution in [0.15, 0.2) is 61.2 Å². The van der Waals surface area contributed by atoms with Gasteiger partial charge in [-0.3, -0.25) is 4.79 Å². The van der Waals surface area contributed by atoms with Gasteiger partial charge in [0.25, 0.3) is 5.91 Å². The van der Waals surface area contributed by atoms with Crippen LogP contribution in [-0.2, 0) is 6.18 Å². The number of rotatable bonds is 5. The highest BCUT2D eigenvalue weighted by molar-refractivity contribution is 6.05. The predicted molar refractivity (Wildman–Crippen MR) is 112 cm³/mol. The third-order valence-electron chi connectivity index (χ3n) is 4.74. The van der Waals surface area contributed by atoms with Crippen LogP contribution in [0.4, 0.5) is 18.9 Å². The highest BCUT2D eigenvalue weighted by Crippen LogP contribution is 2.29. The van der Waals surface area contributed by atoms with Crippen LogP contribution < -0.4 is 10.1 Å². The van der Waals surface area contributed by atoms with Gasteiger partial charge in [0.05, 0.1) is 23.0 Å². The first-order valence-electron chi connectivity index (χ1n) is 9.67. The highest BCUT2D eigenvalue weighted by Gasteiger charge is 2.30. The molecule has 0 aliphatic carbocycles. The standard InChI is InChI=1S/C22H17F3N6O2/c1-13-10-16(33-21-26-8-3-9-27-21)5-6-18(13)30-20(32)17-12-29-31(14(17)2)19-7-4-15(11-28-19)22(23,24)25/h3-12H,1-2H3,(H,30,32). The summed E-state index contributed by atoms with van der Waals surface area (Å²) >= 11 is 0. The minimum absolute atomic E-state index is 0.167. The first-order chi connectivity index (χ1) is 15.7. The number of nitrogens with one attached hydrogen (secondary N) is 1. The molecule has 0 spiro atoms. The topological polar surface area (TPSA) is 94.8 Å². The molecule has 168 valence electrons. The number of benzene rings is 1. The van der Waals surface area contributed by atoms with Gasteiger partial charge in [0.15, 0.2) is 5.82 Å². The number of nitrogens with zero attached hydrogens (tertiary/aromatic N) is 5. The van der Waals surface area contributed by atoms with E-state index in [4.69, 9.17) is 4.74 Å². The maximum Gasteiger partial charge on any atom is 0.417 e. The summed E-state index contributed by atoms with van der Waals surface area (Å²) in [6.07, 6.45) is 0.703. The molecular weight excluding hydrogens is 437 g/mol. The quantitative estimate of drug-likeness (QED) is 0.468. The van der Waals surface area contributed by atoms with E-state index in [1.807, 2.05) is 0 Å². The molecule has 0 aliphatic rings. The van der Waals surface area contributed by atoms with Gasteiger partial charge in [-0.05, 0) is 55.8 Å². The van der Waals surface area contributed by atoms with Crippen LogP contribution in [0.2, 0.25) is 0 Å². The second kappa shape index (κ2) is 8.69. The predicted octanol–water partition coefficient (Wildman–Crippen LogP) is 4.74. The number of aryl methyl sites for hydroxylation is 1. The van der Waals surface area contributed by atoms with Crippen molar-refractivity contribution in [1.29, 1.82) is 0 Å². The molecule has 1 N–H and O–H groups in total. The van der Waals surface area contributed by atoms with Crippen LogP contribution in [0.1, 0.15) is 27.2 Å². The van der Waals surface area contributed by atoms with Gasteiger partial charge in [0.1, 0.15) is 5.75 Å². The first-order valence-corrected chi connectivity index (χ1v) is 9.67. The molecule has 3 heterocycles. The van der Waals surface area contributed by atoms with Crippen LogP contribution in [-0.4, -0.2) is 30.6 Å². The molecule has 0 unspecified atom stereocenters. The molecule has 0 radical (unpaired) electrons. The van der Waals surface area contributed by atoms with Crippen molar-refractivity contribution in [3.63, 3.8) is 0 Å². The summed E-state index contributed by atoms with van der Waals surface area (Å²) in [5, 5.41) is 6.91. The van der Waals surface area contributed by atoms with Gasteiger partial charge in [-0.25, -0.2) is 19.6 Å². The van der Waals surface area contributed by atoms with E-state index in [2.05, 4.69) is 25.4 Å². The molecule has 0 fully saturated rings. The maximum absolute atomic E-state index is 12.8. The summed E-state index contributed by atoms with van der Waals surface area (Å²) < 4.78 is 45.2. The molecule has 1 aromatic carbocycles. The molecule has 1 amide bonds. The second-order valence-corrected chi connectivity index (χ2v) is 7.02. The van der Waals surface area contributed by atoms with Crippen molar-refractivity contribution in [2.75, 3.05) is 5.32 Å². The van der Waals surface area contributed by atoms with E-state index >= 15 is 0 Å². The van der Waals surface area contributed by atoms with E-state index in [0.29, 0.717) is 17.1 Å². The molecular formula is C22H17F3N6O2. The average molecular weight is 454 g/mol. The lowest BCUT2D eigenvalue weighted by molar-refractivity contribution is -0.137. The molecule has 0 aliphatic heterocycles. The van der Waals surface area contributed by atoms with E-state index in [1.165, 1.54) is 16.9 Å². The van der Waals surface area contributed by atoms with Gasteiger partial charge in [-0.1, -0.05) is 0 Å². The summed E-state index contributed by atoms with van der Waals surface area (Å²) in [5.41, 5.74) is 1.12. The van der Waals surface area contributed by atoms with Crippen molar-refractivity contribution in [2.24, 2.45) is 0 Å². The van der Waals surface area contributed by atoms with E-state index in [9.17, 15) is 18.0 Å². The summed E-state index contributed by atoms with van der Waals surface area (Å²) in [4.78, 5) is 24.6. The van der Waals surface area contributed by atoms with Gasteiger partial charge >= 0.3 is 12.2 Å². The molecule has 0 saturated carbocycles. The smallest absolute Gasteiger partial charge is 0.417 e. The molecule has 8 nitrogen and oxygen atoms in total. The number of ether oxygens (including phenoxy) is 1. The molecule has 11 heteroatoms. The fraction of sp³-hybridized carbons (Fsp3) is 0.136. The van der Waals surface area contributed by atoms with Crippen LogP contribution in [0.3, 0.4) is 0 Å². The fourth-order valence-corrected chi connectivity index (χ4v) is 3.02. The van der Waals surface area contributed by atoms with Crippen molar-refractivity contribution in [3.8, 4) is 17.6 Å². The minimum Gasteiger partial charge on any atom is -0.424 e. The largest absolute Gasteiger partial charge is 0.424 e. The van der Waals surface area contributed by atoms with Crippen LogP contribution in [0.25, 0.3) is 5.82 Å². The Kier molecular flexibility index (Phi) is 5.78. The van der Waals surface area contributed by atoms with Gasteiger partial charge in [0, 0.05) is 24.3 Å². The lowest BCUT2D eigenvalue weighted by Crippen LogP contribution is -2.14. The molecule has 3 aromatic heterocycles. The lowest BCUT2D eigenvalue weighted by Gasteiger charge is -2.11. The van der Waals surface area contributed by atoms with Crippen molar-refractivity contribution >= 4 is 11.6 Å². The minimum atomic E-state index is -4.48. The van der Waals surface area contributed by atoms with Gasteiger partial charge in [-0.2, -0.15) is 18.3 Å². The molecule has 4 aromatic rings. The van der Waals surface area contributed by atoms with Gasteiger partial charge in [0.2, 0.25) is 0 Å². The van der Waals surface area contributed by atoms with E-state index in [-0.39, 0.29) is 17.4 Å². The Morgan fingerprint density at radius 3 is 2.42 bits per heavy atom. The Hall–Kier alpha value is -4.28. The van der Waals surface area contributed by atoms with Crippen molar-refractivity contribution in [3.05, 3.63) is 83.6 Å². The van der Waals surface area contributed by atoms with Crippen LogP contribution in [0.5, 0.6) is 11.8 Å². The van der Waals surface area contributed by atoms with E-state index < -0.39 is 17.6 Å². The number of alkyl halides is 3. The zero-order chi connectivity index (χ0) is 23.6.